The molecule has 0 radical (unpaired) electrons. The minimum Gasteiger partial charge on any atom is -0.497 e. The Balaban J connectivity index is 2.57. The number of hydrogen-bond acceptors (Lipinski definition) is 3. The van der Waals surface area contributed by atoms with Crippen LogP contribution in [0, 0.1) is 6.92 Å². The largest absolute Gasteiger partial charge is 0.497 e. The second-order valence-electron chi connectivity index (χ2n) is 4.35. The molecule has 0 bridgehead atoms. The number of aromatic nitrogens is 1. The molecule has 0 saturated heterocycles. The van der Waals surface area contributed by atoms with Crippen LogP contribution < -0.4 is 9.47 Å². The predicted molar refractivity (Wildman–Crippen MR) is 72.0 cm³/mol. The van der Waals surface area contributed by atoms with Crippen LogP contribution in [-0.4, -0.2) is 29.9 Å². The Kier molecular flexibility index (Phi) is 3.64. The van der Waals surface area contributed by atoms with Crippen molar-refractivity contribution in [3.63, 3.8) is 0 Å². The summed E-state index contributed by atoms with van der Waals surface area (Å²) in [6.45, 7) is 2.38. The molecule has 0 aliphatic rings. The number of benzene rings is 1. The van der Waals surface area contributed by atoms with Gasteiger partial charge in [-0.15, -0.1) is 0 Å². The van der Waals surface area contributed by atoms with Crippen LogP contribution in [0.25, 0.3) is 10.9 Å². The highest BCUT2D eigenvalue weighted by Crippen LogP contribution is 2.33. The molecular weight excluding hydrogens is 246 g/mol. The van der Waals surface area contributed by atoms with Gasteiger partial charge in [0, 0.05) is 23.7 Å². The maximum Gasteiger partial charge on any atom is 0.305 e. The molecule has 102 valence electrons. The molecule has 1 heterocycles. The molecule has 1 aromatic heterocycles. The Morgan fingerprint density at radius 2 is 2.00 bits per heavy atom. The van der Waals surface area contributed by atoms with E-state index in [1.54, 1.807) is 20.3 Å². The van der Waals surface area contributed by atoms with Gasteiger partial charge >= 0.3 is 5.97 Å². The Labute approximate surface area is 111 Å². The number of ether oxygens (including phenoxy) is 2. The van der Waals surface area contributed by atoms with Gasteiger partial charge in [0.25, 0.3) is 0 Å². The third-order valence-corrected chi connectivity index (χ3v) is 3.14. The lowest BCUT2D eigenvalue weighted by atomic mass is 10.2. The van der Waals surface area contributed by atoms with Crippen LogP contribution in [-0.2, 0) is 11.3 Å². The van der Waals surface area contributed by atoms with Crippen molar-refractivity contribution < 1.29 is 19.4 Å². The zero-order valence-electron chi connectivity index (χ0n) is 11.3. The molecule has 0 atom stereocenters. The van der Waals surface area contributed by atoms with Crippen molar-refractivity contribution in [1.29, 1.82) is 0 Å². The number of aliphatic carboxylic acids is 1. The average molecular weight is 263 g/mol. The van der Waals surface area contributed by atoms with E-state index >= 15 is 0 Å². The normalized spacial score (nSPS) is 10.7. The Hall–Kier alpha value is -2.17. The number of methoxy groups -OCH3 is 2. The fourth-order valence-electron chi connectivity index (χ4n) is 2.25. The van der Waals surface area contributed by atoms with Gasteiger partial charge in [-0.05, 0) is 19.1 Å². The summed E-state index contributed by atoms with van der Waals surface area (Å²) >= 11 is 0. The molecular formula is C14H17NO4. The second-order valence-corrected chi connectivity index (χ2v) is 4.35. The molecule has 1 N–H and O–H groups in total. The van der Waals surface area contributed by atoms with Crippen LogP contribution in [0.3, 0.4) is 0 Å². The van der Waals surface area contributed by atoms with Crippen molar-refractivity contribution >= 4 is 16.9 Å². The SMILES string of the molecule is COc1cc(OC)c2c(c1)cc(C)n2CCC(=O)O. The zero-order valence-corrected chi connectivity index (χ0v) is 11.3. The van der Waals surface area contributed by atoms with Gasteiger partial charge in [-0.1, -0.05) is 0 Å². The van der Waals surface area contributed by atoms with Crippen molar-refractivity contribution in [2.45, 2.75) is 19.9 Å². The van der Waals surface area contributed by atoms with Crippen molar-refractivity contribution in [1.82, 2.24) is 4.57 Å². The molecule has 2 aromatic rings. The summed E-state index contributed by atoms with van der Waals surface area (Å²) in [4.78, 5) is 10.7. The number of hydrogen-bond donors (Lipinski definition) is 1. The Morgan fingerprint density at radius 3 is 2.58 bits per heavy atom. The standard InChI is InChI=1S/C14H17NO4/c1-9-6-10-7-11(18-2)8-12(19-3)14(10)15(9)5-4-13(16)17/h6-8H,4-5H2,1-3H3,(H,16,17). The average Bonchev–Trinajstić information content (AvgIpc) is 2.70. The quantitative estimate of drug-likeness (QED) is 0.900. The first-order valence-electron chi connectivity index (χ1n) is 6.00. The second kappa shape index (κ2) is 5.22. The summed E-state index contributed by atoms with van der Waals surface area (Å²) in [6.07, 6.45) is 0.0831. The smallest absolute Gasteiger partial charge is 0.305 e. The van der Waals surface area contributed by atoms with Crippen molar-refractivity contribution in [3.8, 4) is 11.5 Å². The van der Waals surface area contributed by atoms with Crippen LogP contribution in [0.15, 0.2) is 18.2 Å². The van der Waals surface area contributed by atoms with Gasteiger partial charge in [-0.25, -0.2) is 0 Å². The van der Waals surface area contributed by atoms with E-state index in [2.05, 4.69) is 0 Å². The lowest BCUT2D eigenvalue weighted by Crippen LogP contribution is -2.06. The first-order valence-corrected chi connectivity index (χ1v) is 6.00. The summed E-state index contributed by atoms with van der Waals surface area (Å²) in [7, 11) is 3.20. The summed E-state index contributed by atoms with van der Waals surface area (Å²) in [5, 5.41) is 9.80. The van der Waals surface area contributed by atoms with Crippen molar-refractivity contribution in [3.05, 3.63) is 23.9 Å². The molecule has 0 aliphatic carbocycles. The third-order valence-electron chi connectivity index (χ3n) is 3.14. The molecule has 0 fully saturated rings. The van der Waals surface area contributed by atoms with E-state index < -0.39 is 5.97 Å². The minimum atomic E-state index is -0.811. The van der Waals surface area contributed by atoms with Gasteiger partial charge in [0.2, 0.25) is 0 Å². The van der Waals surface area contributed by atoms with E-state index in [1.807, 2.05) is 23.6 Å². The molecule has 5 nitrogen and oxygen atoms in total. The lowest BCUT2D eigenvalue weighted by Gasteiger charge is -2.11. The van der Waals surface area contributed by atoms with E-state index in [0.717, 1.165) is 22.3 Å². The first kappa shape index (κ1) is 13.3. The third kappa shape index (κ3) is 2.50. The van der Waals surface area contributed by atoms with Crippen LogP contribution in [0.2, 0.25) is 0 Å². The Bertz CT molecular complexity index is 615. The maximum atomic E-state index is 10.7. The maximum absolute atomic E-state index is 10.7. The lowest BCUT2D eigenvalue weighted by molar-refractivity contribution is -0.137. The zero-order chi connectivity index (χ0) is 14.0. The van der Waals surface area contributed by atoms with Gasteiger partial charge in [0.1, 0.15) is 11.5 Å². The summed E-state index contributed by atoms with van der Waals surface area (Å²) in [5.41, 5.74) is 1.91. The minimum absolute atomic E-state index is 0.0831. The molecule has 0 unspecified atom stereocenters. The monoisotopic (exact) mass is 263 g/mol. The number of carbonyl (C=O) groups is 1. The van der Waals surface area contributed by atoms with Gasteiger partial charge in [0.15, 0.2) is 0 Å². The molecule has 5 heteroatoms. The van der Waals surface area contributed by atoms with Gasteiger partial charge in [-0.3, -0.25) is 4.79 Å². The summed E-state index contributed by atoms with van der Waals surface area (Å²) in [5.74, 6) is 0.598. The molecule has 0 amide bonds. The van der Waals surface area contributed by atoms with E-state index in [4.69, 9.17) is 14.6 Å². The van der Waals surface area contributed by atoms with Crippen molar-refractivity contribution in [2.24, 2.45) is 0 Å². The van der Waals surface area contributed by atoms with Crippen LogP contribution in [0.5, 0.6) is 11.5 Å². The van der Waals surface area contributed by atoms with Crippen molar-refractivity contribution in [2.75, 3.05) is 14.2 Å². The molecule has 0 saturated carbocycles. The molecule has 1 aromatic carbocycles. The summed E-state index contributed by atoms with van der Waals surface area (Å²) in [6, 6.07) is 5.73. The summed E-state index contributed by atoms with van der Waals surface area (Å²) < 4.78 is 12.6. The number of carboxylic acid groups (broad SMARTS) is 1. The fourth-order valence-corrected chi connectivity index (χ4v) is 2.25. The van der Waals surface area contributed by atoms with E-state index in [0.29, 0.717) is 12.3 Å². The van der Waals surface area contributed by atoms with Gasteiger partial charge in [0.05, 0.1) is 26.2 Å². The molecule has 0 aliphatic heterocycles. The number of fused-ring (bicyclic) bond motifs is 1. The molecule has 2 rings (SSSR count). The predicted octanol–water partition coefficient (Wildman–Crippen LogP) is 2.44. The first-order chi connectivity index (χ1) is 9.06. The van der Waals surface area contributed by atoms with Gasteiger partial charge in [-0.2, -0.15) is 0 Å². The van der Waals surface area contributed by atoms with Crippen LogP contribution in [0.1, 0.15) is 12.1 Å². The van der Waals surface area contributed by atoms with E-state index in [-0.39, 0.29) is 6.42 Å². The highest BCUT2D eigenvalue weighted by atomic mass is 16.5. The van der Waals surface area contributed by atoms with E-state index in [1.165, 1.54) is 0 Å². The molecule has 19 heavy (non-hydrogen) atoms. The fraction of sp³-hybridized carbons (Fsp3) is 0.357. The topological polar surface area (TPSA) is 60.7 Å². The van der Waals surface area contributed by atoms with Gasteiger partial charge < -0.3 is 19.1 Å². The number of rotatable bonds is 5. The van der Waals surface area contributed by atoms with Crippen LogP contribution in [0.4, 0.5) is 0 Å². The Morgan fingerprint density at radius 1 is 1.26 bits per heavy atom. The van der Waals surface area contributed by atoms with E-state index in [9.17, 15) is 4.79 Å². The van der Waals surface area contributed by atoms with Crippen LogP contribution >= 0.6 is 0 Å². The number of aryl methyl sites for hydroxylation is 2. The number of nitrogens with zero attached hydrogens (tertiary/aromatic N) is 1. The highest BCUT2D eigenvalue weighted by molar-refractivity contribution is 5.88. The highest BCUT2D eigenvalue weighted by Gasteiger charge is 2.13. The number of carboxylic acids is 1. The molecule has 0 spiro atoms.